The van der Waals surface area contributed by atoms with Crippen LogP contribution in [0.15, 0.2) is 0 Å². The third-order valence-electron chi connectivity index (χ3n) is 4.00. The van der Waals surface area contributed by atoms with Gasteiger partial charge in [-0.3, -0.25) is 10.2 Å². The summed E-state index contributed by atoms with van der Waals surface area (Å²) in [6.07, 6.45) is 1.37. The van der Waals surface area contributed by atoms with Gasteiger partial charge in [0.25, 0.3) is 6.43 Å². The summed E-state index contributed by atoms with van der Waals surface area (Å²) in [6, 6.07) is -0.497. The number of fused-ring (bicyclic) bond motifs is 1. The highest BCUT2D eigenvalue weighted by Crippen LogP contribution is 2.14. The molecular formula is C13H20F2N6O. The predicted molar refractivity (Wildman–Crippen MR) is 76.0 cm³/mol. The van der Waals surface area contributed by atoms with Crippen LogP contribution in [0.4, 0.5) is 19.5 Å². The maximum Gasteiger partial charge on any atom is 0.321 e. The van der Waals surface area contributed by atoms with Crippen LogP contribution in [0.5, 0.6) is 0 Å². The largest absolute Gasteiger partial charge is 0.334 e. The monoisotopic (exact) mass is 314 g/mol. The Kier molecular flexibility index (Phi) is 4.51. The van der Waals surface area contributed by atoms with Gasteiger partial charge in [-0.1, -0.05) is 0 Å². The second kappa shape index (κ2) is 6.55. The molecule has 0 aliphatic carbocycles. The fourth-order valence-corrected chi connectivity index (χ4v) is 2.97. The summed E-state index contributed by atoms with van der Waals surface area (Å²) >= 11 is 0. The van der Waals surface area contributed by atoms with Crippen molar-refractivity contribution in [2.75, 3.05) is 25.0 Å². The molecule has 2 aliphatic rings. The van der Waals surface area contributed by atoms with Gasteiger partial charge in [-0.25, -0.2) is 18.3 Å². The van der Waals surface area contributed by atoms with E-state index < -0.39 is 6.43 Å². The highest BCUT2D eigenvalue weighted by Gasteiger charge is 2.26. The molecule has 0 spiro atoms. The number of nitrogens with zero attached hydrogens (tertiary/aromatic N) is 4. The third-order valence-corrected chi connectivity index (χ3v) is 4.00. The summed E-state index contributed by atoms with van der Waals surface area (Å²) < 4.78 is 26.5. The molecule has 0 radical (unpaired) electrons. The lowest BCUT2D eigenvalue weighted by Gasteiger charge is -2.15. The number of aromatic nitrogens is 3. The SMILES string of the molecule is O=C(Nc1nc2n(n1)CCCC2)NC1CCN(CC(F)F)C1. The first-order valence-corrected chi connectivity index (χ1v) is 7.62. The molecule has 3 heterocycles. The number of halogens is 2. The molecule has 9 heteroatoms. The molecule has 2 aliphatic heterocycles. The molecule has 2 N–H and O–H groups in total. The van der Waals surface area contributed by atoms with Crippen molar-refractivity contribution in [2.45, 2.75) is 44.7 Å². The van der Waals surface area contributed by atoms with Crippen molar-refractivity contribution in [2.24, 2.45) is 0 Å². The van der Waals surface area contributed by atoms with Gasteiger partial charge in [0.05, 0.1) is 6.54 Å². The Bertz CT molecular complexity index is 511. The summed E-state index contributed by atoms with van der Waals surface area (Å²) in [5, 5.41) is 9.65. The Hall–Kier alpha value is -1.77. The zero-order chi connectivity index (χ0) is 15.5. The van der Waals surface area contributed by atoms with E-state index in [9.17, 15) is 13.6 Å². The molecule has 122 valence electrons. The zero-order valence-corrected chi connectivity index (χ0v) is 12.3. The van der Waals surface area contributed by atoms with Crippen molar-refractivity contribution in [3.8, 4) is 0 Å². The van der Waals surface area contributed by atoms with E-state index in [4.69, 9.17) is 0 Å². The number of carbonyl (C=O) groups is 1. The predicted octanol–water partition coefficient (Wildman–Crippen LogP) is 1.08. The van der Waals surface area contributed by atoms with E-state index in [1.165, 1.54) is 0 Å². The Morgan fingerprint density at radius 3 is 3.00 bits per heavy atom. The quantitative estimate of drug-likeness (QED) is 0.872. The number of carbonyl (C=O) groups excluding carboxylic acids is 1. The summed E-state index contributed by atoms with van der Waals surface area (Å²) in [5.41, 5.74) is 0. The van der Waals surface area contributed by atoms with Gasteiger partial charge in [0.2, 0.25) is 5.95 Å². The molecule has 1 atom stereocenters. The van der Waals surface area contributed by atoms with Crippen molar-refractivity contribution in [3.63, 3.8) is 0 Å². The summed E-state index contributed by atoms with van der Waals surface area (Å²) in [4.78, 5) is 17.9. The smallest absolute Gasteiger partial charge is 0.321 e. The van der Waals surface area contributed by atoms with Gasteiger partial charge in [0, 0.05) is 32.1 Å². The third kappa shape index (κ3) is 3.70. The summed E-state index contributed by atoms with van der Waals surface area (Å²) in [5.74, 6) is 1.20. The number of anilines is 1. The molecule has 1 aromatic heterocycles. The normalized spacial score (nSPS) is 21.9. The molecule has 1 unspecified atom stereocenters. The number of rotatable bonds is 4. The van der Waals surface area contributed by atoms with Crippen LogP contribution in [0.2, 0.25) is 0 Å². The number of aryl methyl sites for hydroxylation is 2. The van der Waals surface area contributed by atoms with Crippen molar-refractivity contribution in [1.82, 2.24) is 25.0 Å². The molecule has 0 saturated carbocycles. The van der Waals surface area contributed by atoms with Gasteiger partial charge >= 0.3 is 6.03 Å². The van der Waals surface area contributed by atoms with Gasteiger partial charge in [-0.15, -0.1) is 5.10 Å². The number of urea groups is 1. The van der Waals surface area contributed by atoms with Crippen LogP contribution in [0, 0.1) is 0 Å². The maximum absolute atomic E-state index is 12.3. The average molecular weight is 314 g/mol. The number of amides is 2. The number of hydrogen-bond acceptors (Lipinski definition) is 4. The van der Waals surface area contributed by atoms with Crippen LogP contribution in [0.3, 0.4) is 0 Å². The molecule has 1 saturated heterocycles. The van der Waals surface area contributed by atoms with Crippen LogP contribution in [0.1, 0.15) is 25.1 Å². The first-order chi connectivity index (χ1) is 10.6. The van der Waals surface area contributed by atoms with Crippen molar-refractivity contribution in [1.29, 1.82) is 0 Å². The standard InChI is InChI=1S/C13H20F2N6O/c14-10(15)8-20-6-4-9(7-20)16-13(22)18-12-17-11-3-1-2-5-21(11)19-12/h9-10H,1-8H2,(H2,16,18,19,22). The van der Waals surface area contributed by atoms with Gasteiger partial charge < -0.3 is 5.32 Å². The number of nitrogens with one attached hydrogen (secondary N) is 2. The molecule has 0 bridgehead atoms. The van der Waals surface area contributed by atoms with Gasteiger partial charge in [0.15, 0.2) is 0 Å². The molecule has 2 amide bonds. The minimum Gasteiger partial charge on any atom is -0.334 e. The highest BCUT2D eigenvalue weighted by atomic mass is 19.3. The van der Waals surface area contributed by atoms with E-state index in [1.807, 2.05) is 4.68 Å². The zero-order valence-electron chi connectivity index (χ0n) is 12.3. The van der Waals surface area contributed by atoms with Gasteiger partial charge in [0.1, 0.15) is 5.82 Å². The number of hydrogen-bond donors (Lipinski definition) is 2. The van der Waals surface area contributed by atoms with Gasteiger partial charge in [-0.2, -0.15) is 4.98 Å². The molecular weight excluding hydrogens is 294 g/mol. The van der Waals surface area contributed by atoms with Crippen LogP contribution in [-0.2, 0) is 13.0 Å². The van der Waals surface area contributed by atoms with E-state index >= 15 is 0 Å². The first kappa shape index (κ1) is 15.1. The number of alkyl halides is 2. The van der Waals surface area contributed by atoms with E-state index in [0.717, 1.165) is 31.6 Å². The first-order valence-electron chi connectivity index (χ1n) is 7.62. The Morgan fingerprint density at radius 1 is 1.36 bits per heavy atom. The van der Waals surface area contributed by atoms with Crippen LogP contribution in [0.25, 0.3) is 0 Å². The minimum absolute atomic E-state index is 0.115. The Balaban J connectivity index is 1.47. The van der Waals surface area contributed by atoms with Crippen LogP contribution in [-0.4, -0.2) is 57.8 Å². The van der Waals surface area contributed by atoms with E-state index in [1.54, 1.807) is 4.90 Å². The second-order valence-corrected chi connectivity index (χ2v) is 5.77. The van der Waals surface area contributed by atoms with Crippen molar-refractivity contribution < 1.29 is 13.6 Å². The summed E-state index contributed by atoms with van der Waals surface area (Å²) in [7, 11) is 0. The van der Waals surface area contributed by atoms with Gasteiger partial charge in [-0.05, 0) is 19.3 Å². The highest BCUT2D eigenvalue weighted by molar-refractivity contribution is 5.87. The van der Waals surface area contributed by atoms with E-state index in [2.05, 4.69) is 20.7 Å². The fourth-order valence-electron chi connectivity index (χ4n) is 2.97. The number of likely N-dealkylation sites (tertiary alicyclic amines) is 1. The molecule has 22 heavy (non-hydrogen) atoms. The fraction of sp³-hybridized carbons (Fsp3) is 0.769. The average Bonchev–Trinajstić information content (AvgIpc) is 3.03. The lowest BCUT2D eigenvalue weighted by molar-refractivity contribution is 0.0988. The van der Waals surface area contributed by atoms with E-state index in [-0.39, 0.29) is 18.6 Å². The minimum atomic E-state index is -2.34. The summed E-state index contributed by atoms with van der Waals surface area (Å²) in [6.45, 7) is 1.61. The van der Waals surface area contributed by atoms with Crippen molar-refractivity contribution >= 4 is 12.0 Å². The van der Waals surface area contributed by atoms with Crippen LogP contribution < -0.4 is 10.6 Å². The Morgan fingerprint density at radius 2 is 2.23 bits per heavy atom. The lowest BCUT2D eigenvalue weighted by Crippen LogP contribution is -2.40. The van der Waals surface area contributed by atoms with E-state index in [0.29, 0.717) is 25.5 Å². The molecule has 1 aromatic rings. The lowest BCUT2D eigenvalue weighted by atomic mass is 10.2. The second-order valence-electron chi connectivity index (χ2n) is 5.77. The molecule has 7 nitrogen and oxygen atoms in total. The maximum atomic E-state index is 12.3. The molecule has 0 aromatic carbocycles. The Labute approximate surface area is 127 Å². The van der Waals surface area contributed by atoms with Crippen LogP contribution >= 0.6 is 0 Å². The molecule has 1 fully saturated rings. The topological polar surface area (TPSA) is 75.1 Å². The van der Waals surface area contributed by atoms with Crippen molar-refractivity contribution in [3.05, 3.63) is 5.82 Å². The molecule has 3 rings (SSSR count).